The predicted molar refractivity (Wildman–Crippen MR) is 83.9 cm³/mol. The van der Waals surface area contributed by atoms with Crippen molar-refractivity contribution < 1.29 is 8.42 Å². The summed E-state index contributed by atoms with van der Waals surface area (Å²) in [5.74, 6) is 0.0585. The fraction of sp³-hybridized carbons (Fsp3) is 0.615. The average Bonchev–Trinajstić information content (AvgIpc) is 2.97. The molecule has 0 spiro atoms. The number of sulfonamides is 1. The van der Waals surface area contributed by atoms with Crippen LogP contribution in [-0.2, 0) is 10.0 Å². The Balaban J connectivity index is 1.84. The Hall–Kier alpha value is -1.12. The van der Waals surface area contributed by atoms with Crippen LogP contribution in [0.25, 0.3) is 4.96 Å². The summed E-state index contributed by atoms with van der Waals surface area (Å²) >= 11 is 1.36. The molecule has 8 heteroatoms. The number of rotatable bonds is 4. The topological polar surface area (TPSA) is 89.5 Å². The Morgan fingerprint density at radius 2 is 2.14 bits per heavy atom. The second-order valence-electron chi connectivity index (χ2n) is 6.05. The highest BCUT2D eigenvalue weighted by molar-refractivity contribution is 7.89. The van der Waals surface area contributed by atoms with E-state index in [1.165, 1.54) is 35.0 Å². The lowest BCUT2D eigenvalue weighted by Gasteiger charge is -2.33. The van der Waals surface area contributed by atoms with E-state index in [4.69, 9.17) is 5.73 Å². The number of hydrogen-bond acceptors (Lipinski definition) is 5. The summed E-state index contributed by atoms with van der Waals surface area (Å²) in [5, 5.41) is 1.85. The third-order valence-electron chi connectivity index (χ3n) is 4.25. The quantitative estimate of drug-likeness (QED) is 0.900. The third-order valence-corrected chi connectivity index (χ3v) is 6.44. The first-order valence-electron chi connectivity index (χ1n) is 7.12. The first-order chi connectivity index (χ1) is 9.91. The molecule has 116 valence electrons. The Bertz CT molecular complexity index is 741. The number of nitrogens with zero attached hydrogens (tertiary/aromatic N) is 2. The minimum Gasteiger partial charge on any atom is -0.381 e. The summed E-state index contributed by atoms with van der Waals surface area (Å²) in [6.45, 7) is 2.60. The van der Waals surface area contributed by atoms with Crippen molar-refractivity contribution in [2.75, 3.05) is 12.3 Å². The van der Waals surface area contributed by atoms with Gasteiger partial charge in [0.2, 0.25) is 0 Å². The molecule has 3 N–H and O–H groups in total. The number of anilines is 1. The minimum absolute atomic E-state index is 0.0402. The van der Waals surface area contributed by atoms with Crippen LogP contribution in [0.1, 0.15) is 39.0 Å². The molecule has 0 amide bonds. The van der Waals surface area contributed by atoms with Crippen LogP contribution in [-0.4, -0.2) is 24.3 Å². The Morgan fingerprint density at radius 1 is 1.43 bits per heavy atom. The maximum Gasteiger partial charge on any atom is 0.260 e. The van der Waals surface area contributed by atoms with Gasteiger partial charge < -0.3 is 5.73 Å². The fourth-order valence-electron chi connectivity index (χ4n) is 2.97. The fourth-order valence-corrected chi connectivity index (χ4v) is 5.15. The zero-order valence-electron chi connectivity index (χ0n) is 12.0. The Labute approximate surface area is 128 Å². The molecule has 6 nitrogen and oxygen atoms in total. The van der Waals surface area contributed by atoms with Crippen LogP contribution in [0, 0.1) is 5.41 Å². The van der Waals surface area contributed by atoms with Crippen molar-refractivity contribution in [2.24, 2.45) is 5.41 Å². The van der Waals surface area contributed by atoms with E-state index in [1.807, 2.05) is 0 Å². The molecule has 0 radical (unpaired) electrons. The molecule has 0 aromatic carbocycles. The lowest BCUT2D eigenvalue weighted by molar-refractivity contribution is 0.219. The largest absolute Gasteiger partial charge is 0.381 e. The molecule has 1 aliphatic carbocycles. The van der Waals surface area contributed by atoms with E-state index >= 15 is 0 Å². The summed E-state index contributed by atoms with van der Waals surface area (Å²) in [5.41, 5.74) is 5.82. The van der Waals surface area contributed by atoms with Crippen LogP contribution in [0.3, 0.4) is 0 Å². The summed E-state index contributed by atoms with van der Waals surface area (Å²) in [6.07, 6.45) is 7.38. The molecular formula is C13H20N4O2S2. The lowest BCUT2D eigenvalue weighted by atomic mass is 9.76. The zero-order valence-corrected chi connectivity index (χ0v) is 13.6. The van der Waals surface area contributed by atoms with Crippen LogP contribution >= 0.6 is 11.3 Å². The van der Waals surface area contributed by atoms with Crippen molar-refractivity contribution in [3.8, 4) is 0 Å². The lowest BCUT2D eigenvalue weighted by Crippen LogP contribution is -2.37. The van der Waals surface area contributed by atoms with E-state index in [9.17, 15) is 8.42 Å². The average molecular weight is 328 g/mol. The van der Waals surface area contributed by atoms with Crippen molar-refractivity contribution in [3.05, 3.63) is 11.6 Å². The van der Waals surface area contributed by atoms with Crippen LogP contribution in [0.5, 0.6) is 0 Å². The van der Waals surface area contributed by atoms with Gasteiger partial charge in [-0.1, -0.05) is 26.2 Å². The molecule has 1 fully saturated rings. The molecule has 1 saturated carbocycles. The van der Waals surface area contributed by atoms with Gasteiger partial charge in [0.1, 0.15) is 0 Å². The number of hydrogen-bond donors (Lipinski definition) is 2. The molecule has 1 aliphatic rings. The smallest absolute Gasteiger partial charge is 0.260 e. The summed E-state index contributed by atoms with van der Waals surface area (Å²) in [4.78, 5) is 4.69. The zero-order chi connectivity index (χ0) is 15.1. The van der Waals surface area contributed by atoms with Crippen molar-refractivity contribution in [2.45, 2.75) is 44.1 Å². The highest BCUT2D eigenvalue weighted by Gasteiger charge is 2.31. The molecule has 0 atom stereocenters. The monoisotopic (exact) mass is 328 g/mol. The van der Waals surface area contributed by atoms with Crippen LogP contribution in [0.15, 0.2) is 16.6 Å². The number of nitrogens with two attached hydrogens (primary N) is 1. The van der Waals surface area contributed by atoms with Gasteiger partial charge in [-0.25, -0.2) is 18.1 Å². The molecule has 2 heterocycles. The van der Waals surface area contributed by atoms with Gasteiger partial charge in [0.15, 0.2) is 15.8 Å². The van der Waals surface area contributed by atoms with Crippen molar-refractivity contribution in [1.82, 2.24) is 14.1 Å². The van der Waals surface area contributed by atoms with Crippen molar-refractivity contribution >= 4 is 32.1 Å². The molecule has 2 aromatic rings. The predicted octanol–water partition coefficient (Wildman–Crippen LogP) is 2.23. The molecule has 3 rings (SSSR count). The van der Waals surface area contributed by atoms with Gasteiger partial charge in [-0.05, 0) is 18.3 Å². The first kappa shape index (κ1) is 14.8. The van der Waals surface area contributed by atoms with Gasteiger partial charge in [-0.15, -0.1) is 11.3 Å². The molecule has 21 heavy (non-hydrogen) atoms. The number of imidazole rings is 1. The second kappa shape index (κ2) is 5.26. The van der Waals surface area contributed by atoms with E-state index in [-0.39, 0.29) is 16.3 Å². The summed E-state index contributed by atoms with van der Waals surface area (Å²) in [7, 11) is -3.65. The van der Waals surface area contributed by atoms with Crippen molar-refractivity contribution in [3.63, 3.8) is 0 Å². The van der Waals surface area contributed by atoms with Gasteiger partial charge in [-0.3, -0.25) is 4.40 Å². The molecule has 0 unspecified atom stereocenters. The maximum absolute atomic E-state index is 12.6. The Morgan fingerprint density at radius 3 is 2.86 bits per heavy atom. The van der Waals surface area contributed by atoms with Gasteiger partial charge in [0.25, 0.3) is 10.0 Å². The molecule has 0 bridgehead atoms. The van der Waals surface area contributed by atoms with Gasteiger partial charge in [0, 0.05) is 18.1 Å². The van der Waals surface area contributed by atoms with Crippen LogP contribution < -0.4 is 10.5 Å². The number of thiazole rings is 1. The standard InChI is InChI=1S/C13H20N4O2S2/c1-13(5-3-2-4-6-13)9-15-21(18,19)11-10(14)16-12-17(11)7-8-20-12/h7-8,15H,2-6,9,14H2,1H3. The van der Waals surface area contributed by atoms with Gasteiger partial charge in [0.05, 0.1) is 0 Å². The minimum atomic E-state index is -3.65. The van der Waals surface area contributed by atoms with Crippen LogP contribution in [0.2, 0.25) is 0 Å². The molecule has 2 aromatic heterocycles. The van der Waals surface area contributed by atoms with E-state index in [0.29, 0.717) is 11.5 Å². The highest BCUT2D eigenvalue weighted by Crippen LogP contribution is 2.35. The maximum atomic E-state index is 12.6. The number of nitrogen functional groups attached to an aromatic ring is 1. The normalized spacial score (nSPS) is 19.1. The van der Waals surface area contributed by atoms with Crippen LogP contribution in [0.4, 0.5) is 5.82 Å². The van der Waals surface area contributed by atoms with Gasteiger partial charge >= 0.3 is 0 Å². The third kappa shape index (κ3) is 2.79. The molecule has 0 saturated heterocycles. The van der Waals surface area contributed by atoms with Gasteiger partial charge in [-0.2, -0.15) is 0 Å². The van der Waals surface area contributed by atoms with E-state index < -0.39 is 10.0 Å². The van der Waals surface area contributed by atoms with Crippen molar-refractivity contribution in [1.29, 1.82) is 0 Å². The molecule has 0 aliphatic heterocycles. The number of fused-ring (bicyclic) bond motifs is 1. The van der Waals surface area contributed by atoms with E-state index in [2.05, 4.69) is 16.6 Å². The number of nitrogens with one attached hydrogen (secondary N) is 1. The Kier molecular flexibility index (Phi) is 3.71. The van der Waals surface area contributed by atoms with E-state index in [0.717, 1.165) is 12.8 Å². The summed E-state index contributed by atoms with van der Waals surface area (Å²) < 4.78 is 29.4. The number of aromatic nitrogens is 2. The highest BCUT2D eigenvalue weighted by atomic mass is 32.2. The second-order valence-corrected chi connectivity index (χ2v) is 8.61. The summed E-state index contributed by atoms with van der Waals surface area (Å²) in [6, 6.07) is 0. The first-order valence-corrected chi connectivity index (χ1v) is 9.48. The van der Waals surface area contributed by atoms with E-state index in [1.54, 1.807) is 11.6 Å². The molecular weight excluding hydrogens is 308 g/mol. The SMILES string of the molecule is CC1(CNS(=O)(=O)c2c(N)nc3sccn23)CCCCC1.